The van der Waals surface area contributed by atoms with Gasteiger partial charge in [0.1, 0.15) is 5.82 Å². The van der Waals surface area contributed by atoms with Gasteiger partial charge in [-0.25, -0.2) is 9.78 Å². The second-order valence-corrected chi connectivity index (χ2v) is 8.02. The number of hydrogen-bond donors (Lipinski definition) is 2. The van der Waals surface area contributed by atoms with Crippen LogP contribution in [0.25, 0.3) is 0 Å². The molecule has 1 aromatic heterocycles. The maximum atomic E-state index is 11.7. The van der Waals surface area contributed by atoms with Gasteiger partial charge in [-0.15, -0.1) is 0 Å². The molecule has 0 aliphatic carbocycles. The van der Waals surface area contributed by atoms with Crippen molar-refractivity contribution in [2.24, 2.45) is 0 Å². The van der Waals surface area contributed by atoms with E-state index in [0.717, 1.165) is 49.1 Å². The van der Waals surface area contributed by atoms with Crippen LogP contribution in [0.4, 0.5) is 16.6 Å². The van der Waals surface area contributed by atoms with E-state index >= 15 is 0 Å². The Hall–Kier alpha value is -2.48. The molecule has 0 saturated carbocycles. The smallest absolute Gasteiger partial charge is 0.409 e. The molecule has 0 unspecified atom stereocenters. The molecule has 8 heteroatoms. The fraction of sp³-hybridized carbons (Fsp3) is 0.476. The number of thiol groups is 1. The predicted octanol–water partition coefficient (Wildman–Crippen LogP) is 2.81. The van der Waals surface area contributed by atoms with Crippen LogP contribution in [0.1, 0.15) is 23.6 Å². The summed E-state index contributed by atoms with van der Waals surface area (Å²) in [5.41, 5.74) is 2.35. The highest BCUT2D eigenvalue weighted by Gasteiger charge is 2.31. The highest BCUT2D eigenvalue weighted by molar-refractivity contribution is 7.80. The van der Waals surface area contributed by atoms with Crippen LogP contribution in [0, 0.1) is 0 Å². The Labute approximate surface area is 176 Å². The molecule has 0 bridgehead atoms. The third-order valence-corrected chi connectivity index (χ3v) is 5.77. The van der Waals surface area contributed by atoms with Gasteiger partial charge in [-0.05, 0) is 24.2 Å². The predicted molar refractivity (Wildman–Crippen MR) is 117 cm³/mol. The molecule has 2 fully saturated rings. The summed E-state index contributed by atoms with van der Waals surface area (Å²) in [5, 5.41) is 3.48. The summed E-state index contributed by atoms with van der Waals surface area (Å²) in [7, 11) is 1.42. The molecule has 0 spiro atoms. The van der Waals surface area contributed by atoms with E-state index in [9.17, 15) is 4.79 Å². The van der Waals surface area contributed by atoms with Crippen molar-refractivity contribution in [2.45, 2.75) is 24.8 Å². The van der Waals surface area contributed by atoms with Crippen molar-refractivity contribution < 1.29 is 9.53 Å². The van der Waals surface area contributed by atoms with Gasteiger partial charge in [0.05, 0.1) is 7.11 Å². The number of aromatic nitrogens is 2. The van der Waals surface area contributed by atoms with Crippen molar-refractivity contribution in [3.63, 3.8) is 0 Å². The van der Waals surface area contributed by atoms with Crippen LogP contribution < -0.4 is 10.2 Å². The van der Waals surface area contributed by atoms with E-state index < -0.39 is 0 Å². The summed E-state index contributed by atoms with van der Waals surface area (Å²) in [4.78, 5) is 25.2. The standard InChI is InChI=1S/C21H27N5O2S/c1-28-21(27)25-9-7-18(14-25)22-19-11-17(8-10-29)23-20(24-19)26-12-16(13-26)15-5-3-2-4-6-15/h2-6,11,16,18,29H,7-10,12-14H2,1H3,(H,22,23,24)/t18-/m0/s1. The molecule has 1 N–H and O–H groups in total. The van der Waals surface area contributed by atoms with E-state index in [1.54, 1.807) is 4.90 Å². The van der Waals surface area contributed by atoms with Gasteiger partial charge in [0.25, 0.3) is 0 Å². The van der Waals surface area contributed by atoms with Gasteiger partial charge in [0.15, 0.2) is 0 Å². The number of rotatable bonds is 6. The highest BCUT2D eigenvalue weighted by Crippen LogP contribution is 2.30. The van der Waals surface area contributed by atoms with Crippen LogP contribution in [-0.2, 0) is 11.2 Å². The number of hydrogen-bond acceptors (Lipinski definition) is 7. The van der Waals surface area contributed by atoms with Gasteiger partial charge in [0, 0.05) is 49.9 Å². The number of carbonyl (C=O) groups is 1. The minimum atomic E-state index is -0.277. The van der Waals surface area contributed by atoms with Gasteiger partial charge in [-0.1, -0.05) is 30.3 Å². The second-order valence-electron chi connectivity index (χ2n) is 7.58. The highest BCUT2D eigenvalue weighted by atomic mass is 32.1. The Morgan fingerprint density at radius 2 is 2.03 bits per heavy atom. The number of aryl methyl sites for hydroxylation is 1. The Bertz CT molecular complexity index is 844. The Balaban J connectivity index is 1.44. The number of nitrogens with one attached hydrogen (secondary N) is 1. The molecular formula is C21H27N5O2S. The van der Waals surface area contributed by atoms with Crippen molar-refractivity contribution in [3.05, 3.63) is 47.7 Å². The van der Waals surface area contributed by atoms with Crippen LogP contribution in [0.5, 0.6) is 0 Å². The lowest BCUT2D eigenvalue weighted by Gasteiger charge is -2.39. The van der Waals surface area contributed by atoms with E-state index in [0.29, 0.717) is 19.0 Å². The summed E-state index contributed by atoms with van der Waals surface area (Å²) in [6.07, 6.45) is 1.39. The fourth-order valence-corrected chi connectivity index (χ4v) is 4.13. The summed E-state index contributed by atoms with van der Waals surface area (Å²) in [5.74, 6) is 2.84. The van der Waals surface area contributed by atoms with Crippen LogP contribution >= 0.6 is 12.6 Å². The summed E-state index contributed by atoms with van der Waals surface area (Å²) < 4.78 is 4.82. The molecule has 1 atom stereocenters. The minimum Gasteiger partial charge on any atom is -0.453 e. The summed E-state index contributed by atoms with van der Waals surface area (Å²) in [6, 6.07) is 12.7. The molecule has 2 saturated heterocycles. The normalized spacial score (nSPS) is 19.2. The molecule has 2 aliphatic rings. The second kappa shape index (κ2) is 8.90. The lowest BCUT2D eigenvalue weighted by Crippen LogP contribution is -2.46. The Morgan fingerprint density at radius 1 is 1.24 bits per heavy atom. The number of carbonyl (C=O) groups excluding carboxylic acids is 1. The van der Waals surface area contributed by atoms with E-state index in [-0.39, 0.29) is 12.1 Å². The topological polar surface area (TPSA) is 70.6 Å². The zero-order valence-corrected chi connectivity index (χ0v) is 17.5. The molecule has 2 aliphatic heterocycles. The average Bonchev–Trinajstić information content (AvgIpc) is 3.16. The van der Waals surface area contributed by atoms with Gasteiger partial charge < -0.3 is 19.9 Å². The molecule has 29 heavy (non-hydrogen) atoms. The molecule has 154 valence electrons. The van der Waals surface area contributed by atoms with Crippen LogP contribution in [0.2, 0.25) is 0 Å². The SMILES string of the molecule is COC(=O)N1CC[C@H](Nc2cc(CCS)nc(N3CC(c4ccccc4)C3)n2)C1. The number of benzene rings is 1. The molecule has 4 rings (SSSR count). The molecule has 1 amide bonds. The Morgan fingerprint density at radius 3 is 2.76 bits per heavy atom. The largest absolute Gasteiger partial charge is 0.453 e. The number of anilines is 2. The first kappa shape index (κ1) is 19.8. The average molecular weight is 414 g/mol. The molecule has 2 aromatic rings. The Kier molecular flexibility index (Phi) is 6.08. The van der Waals surface area contributed by atoms with Crippen LogP contribution in [0.15, 0.2) is 36.4 Å². The number of ether oxygens (including phenoxy) is 1. The first-order chi connectivity index (χ1) is 14.2. The van der Waals surface area contributed by atoms with E-state index in [1.165, 1.54) is 12.7 Å². The van der Waals surface area contributed by atoms with Gasteiger partial charge >= 0.3 is 6.09 Å². The number of methoxy groups -OCH3 is 1. The van der Waals surface area contributed by atoms with Crippen LogP contribution in [0.3, 0.4) is 0 Å². The number of likely N-dealkylation sites (tertiary alicyclic amines) is 1. The third-order valence-electron chi connectivity index (χ3n) is 5.54. The van der Waals surface area contributed by atoms with Crippen molar-refractivity contribution in [1.29, 1.82) is 0 Å². The molecule has 7 nitrogen and oxygen atoms in total. The van der Waals surface area contributed by atoms with Crippen molar-refractivity contribution in [2.75, 3.05) is 49.3 Å². The molecule has 0 radical (unpaired) electrons. The van der Waals surface area contributed by atoms with Gasteiger partial charge in [-0.3, -0.25) is 0 Å². The lowest BCUT2D eigenvalue weighted by molar-refractivity contribution is 0.133. The summed E-state index contributed by atoms with van der Waals surface area (Å²) >= 11 is 4.36. The van der Waals surface area contributed by atoms with Gasteiger partial charge in [0.2, 0.25) is 5.95 Å². The van der Waals surface area contributed by atoms with Crippen molar-refractivity contribution in [3.8, 4) is 0 Å². The first-order valence-electron chi connectivity index (χ1n) is 10.0. The first-order valence-corrected chi connectivity index (χ1v) is 10.7. The lowest BCUT2D eigenvalue weighted by atomic mass is 9.92. The van der Waals surface area contributed by atoms with Gasteiger partial charge in [-0.2, -0.15) is 17.6 Å². The van der Waals surface area contributed by atoms with Crippen molar-refractivity contribution >= 4 is 30.5 Å². The van der Waals surface area contributed by atoms with Crippen molar-refractivity contribution in [1.82, 2.24) is 14.9 Å². The third kappa shape index (κ3) is 4.58. The molecule has 3 heterocycles. The molecular weight excluding hydrogens is 386 g/mol. The zero-order valence-electron chi connectivity index (χ0n) is 16.6. The number of amides is 1. The maximum Gasteiger partial charge on any atom is 0.409 e. The van der Waals surface area contributed by atoms with E-state index in [1.807, 2.05) is 12.1 Å². The quantitative estimate of drug-likeness (QED) is 0.710. The maximum absolute atomic E-state index is 11.7. The number of nitrogens with zero attached hydrogens (tertiary/aromatic N) is 4. The summed E-state index contributed by atoms with van der Waals surface area (Å²) in [6.45, 7) is 3.16. The monoisotopic (exact) mass is 413 g/mol. The molecule has 1 aromatic carbocycles. The minimum absolute atomic E-state index is 0.161. The van der Waals surface area contributed by atoms with E-state index in [2.05, 4.69) is 47.1 Å². The zero-order chi connectivity index (χ0) is 20.2. The van der Waals surface area contributed by atoms with Crippen LogP contribution in [-0.4, -0.2) is 66.0 Å². The van der Waals surface area contributed by atoms with E-state index in [4.69, 9.17) is 14.7 Å². The fourth-order valence-electron chi connectivity index (χ4n) is 3.90.